The Morgan fingerprint density at radius 2 is 2.25 bits per heavy atom. The van der Waals surface area contributed by atoms with Gasteiger partial charge in [-0.3, -0.25) is 4.79 Å². The minimum Gasteiger partial charge on any atom is -0.395 e. The highest BCUT2D eigenvalue weighted by Gasteiger charge is 2.29. The maximum absolute atomic E-state index is 12.7. The zero-order valence-electron chi connectivity index (χ0n) is 11.7. The van der Waals surface area contributed by atoms with Gasteiger partial charge in [0.2, 0.25) is 5.95 Å². The summed E-state index contributed by atoms with van der Waals surface area (Å²) in [5.74, 6) is 0.740. The number of anilines is 1. The number of imidazole rings is 1. The second-order valence-corrected chi connectivity index (χ2v) is 5.58. The predicted molar refractivity (Wildman–Crippen MR) is 75.7 cm³/mol. The van der Waals surface area contributed by atoms with Crippen molar-refractivity contribution in [3.8, 4) is 0 Å². The topological polar surface area (TPSA) is 70.4 Å². The molecule has 1 saturated carbocycles. The van der Waals surface area contributed by atoms with Crippen molar-refractivity contribution in [1.29, 1.82) is 0 Å². The van der Waals surface area contributed by atoms with Gasteiger partial charge in [-0.15, -0.1) is 0 Å². The Morgan fingerprint density at radius 3 is 2.95 bits per heavy atom. The zero-order valence-corrected chi connectivity index (χ0v) is 11.7. The number of carbonyl (C=O) groups excluding carboxylic acids is 1. The minimum atomic E-state index is -0.0466. The number of fused-ring (bicyclic) bond motifs is 1. The summed E-state index contributed by atoms with van der Waals surface area (Å²) in [5.41, 5.74) is 0.495. The van der Waals surface area contributed by atoms with Crippen LogP contribution in [0.5, 0.6) is 0 Å². The number of carbonyl (C=O) groups is 1. The molecule has 6 nitrogen and oxygen atoms in total. The molecule has 20 heavy (non-hydrogen) atoms. The van der Waals surface area contributed by atoms with Gasteiger partial charge in [0, 0.05) is 31.9 Å². The van der Waals surface area contributed by atoms with Crippen LogP contribution < -0.4 is 5.32 Å². The lowest BCUT2D eigenvalue weighted by Gasteiger charge is -2.27. The van der Waals surface area contributed by atoms with E-state index >= 15 is 0 Å². The number of hydrogen-bond acceptors (Lipinski definition) is 4. The van der Waals surface area contributed by atoms with Crippen LogP contribution in [0.15, 0.2) is 6.20 Å². The minimum absolute atomic E-state index is 0.00799. The number of amides is 1. The molecular weight excluding hydrogens is 256 g/mol. The lowest BCUT2D eigenvalue weighted by atomic mass is 10.2. The van der Waals surface area contributed by atoms with Gasteiger partial charge in [0.15, 0.2) is 0 Å². The lowest BCUT2D eigenvalue weighted by molar-refractivity contribution is 0.0632. The van der Waals surface area contributed by atoms with E-state index in [1.807, 2.05) is 10.8 Å². The molecule has 2 N–H and O–H groups in total. The Bertz CT molecular complexity index is 456. The third-order valence-electron chi connectivity index (χ3n) is 4.22. The predicted octanol–water partition coefficient (Wildman–Crippen LogP) is 1.08. The number of aromatic nitrogens is 2. The molecule has 1 fully saturated rings. The zero-order chi connectivity index (χ0) is 13.9. The molecule has 0 saturated heterocycles. The number of nitrogens with zero attached hydrogens (tertiary/aromatic N) is 3. The molecule has 1 amide bonds. The molecule has 6 heteroatoms. The molecule has 0 bridgehead atoms. The van der Waals surface area contributed by atoms with Crippen LogP contribution in [0.25, 0.3) is 0 Å². The summed E-state index contributed by atoms with van der Waals surface area (Å²) in [6.07, 6.45) is 7.31. The van der Waals surface area contributed by atoms with E-state index in [9.17, 15) is 9.90 Å². The first-order valence-corrected chi connectivity index (χ1v) is 7.52. The van der Waals surface area contributed by atoms with E-state index in [0.29, 0.717) is 12.2 Å². The second-order valence-electron chi connectivity index (χ2n) is 5.58. The summed E-state index contributed by atoms with van der Waals surface area (Å²) >= 11 is 0. The highest BCUT2D eigenvalue weighted by Crippen LogP contribution is 2.25. The number of hydrogen-bond donors (Lipinski definition) is 2. The molecule has 2 aliphatic rings. The Labute approximate surface area is 118 Å². The average molecular weight is 278 g/mol. The molecule has 0 unspecified atom stereocenters. The van der Waals surface area contributed by atoms with Crippen LogP contribution in [0.3, 0.4) is 0 Å². The first-order chi connectivity index (χ1) is 9.79. The van der Waals surface area contributed by atoms with Gasteiger partial charge in [0.1, 0.15) is 5.69 Å². The standard InChI is InChI=1S/C14H22N4O2/c19-9-8-18(11-4-1-2-5-11)13(20)12-10-17-7-3-6-15-14(17)16-12/h10-11,19H,1-9H2,(H,15,16). The molecule has 0 radical (unpaired) electrons. The third-order valence-corrected chi connectivity index (χ3v) is 4.22. The Morgan fingerprint density at radius 1 is 1.45 bits per heavy atom. The van der Waals surface area contributed by atoms with Crippen molar-refractivity contribution in [3.05, 3.63) is 11.9 Å². The number of aliphatic hydroxyl groups excluding tert-OH is 1. The Balaban J connectivity index is 1.79. The van der Waals surface area contributed by atoms with Crippen LogP contribution in [0.2, 0.25) is 0 Å². The molecule has 1 aliphatic carbocycles. The quantitative estimate of drug-likeness (QED) is 0.864. The molecule has 0 atom stereocenters. The molecule has 1 aromatic heterocycles. The van der Waals surface area contributed by atoms with E-state index in [4.69, 9.17) is 0 Å². The number of aliphatic hydroxyl groups is 1. The van der Waals surface area contributed by atoms with Crippen molar-refractivity contribution in [3.63, 3.8) is 0 Å². The van der Waals surface area contributed by atoms with E-state index in [0.717, 1.165) is 38.3 Å². The van der Waals surface area contributed by atoms with Gasteiger partial charge in [0.05, 0.1) is 6.61 Å². The Kier molecular flexibility index (Phi) is 3.91. The summed E-state index contributed by atoms with van der Waals surface area (Å²) < 4.78 is 2.00. The van der Waals surface area contributed by atoms with Crippen LogP contribution in [-0.2, 0) is 6.54 Å². The van der Waals surface area contributed by atoms with Crippen molar-refractivity contribution in [2.45, 2.75) is 44.7 Å². The molecule has 1 aromatic rings. The Hall–Kier alpha value is -1.56. The highest BCUT2D eigenvalue weighted by molar-refractivity contribution is 5.93. The lowest BCUT2D eigenvalue weighted by Crippen LogP contribution is -2.40. The van der Waals surface area contributed by atoms with Gasteiger partial charge in [0.25, 0.3) is 5.91 Å². The van der Waals surface area contributed by atoms with Crippen LogP contribution in [0, 0.1) is 0 Å². The first kappa shape index (κ1) is 13.4. The van der Waals surface area contributed by atoms with E-state index in [1.165, 1.54) is 12.8 Å². The van der Waals surface area contributed by atoms with Crippen LogP contribution in [0.4, 0.5) is 5.95 Å². The van der Waals surface area contributed by atoms with E-state index in [1.54, 1.807) is 4.90 Å². The van der Waals surface area contributed by atoms with E-state index < -0.39 is 0 Å². The normalized spacial score (nSPS) is 18.6. The number of aryl methyl sites for hydroxylation is 1. The molecule has 0 aromatic carbocycles. The van der Waals surface area contributed by atoms with Gasteiger partial charge >= 0.3 is 0 Å². The maximum atomic E-state index is 12.7. The van der Waals surface area contributed by atoms with Gasteiger partial charge < -0.3 is 19.9 Å². The van der Waals surface area contributed by atoms with Crippen molar-refractivity contribution >= 4 is 11.9 Å². The highest BCUT2D eigenvalue weighted by atomic mass is 16.3. The summed E-state index contributed by atoms with van der Waals surface area (Å²) in [6.45, 7) is 2.23. The molecule has 2 heterocycles. The molecular formula is C14H22N4O2. The first-order valence-electron chi connectivity index (χ1n) is 7.52. The van der Waals surface area contributed by atoms with Crippen molar-refractivity contribution in [1.82, 2.24) is 14.5 Å². The number of rotatable bonds is 4. The second kappa shape index (κ2) is 5.83. The largest absolute Gasteiger partial charge is 0.395 e. The summed E-state index contributed by atoms with van der Waals surface area (Å²) in [7, 11) is 0. The van der Waals surface area contributed by atoms with E-state index in [-0.39, 0.29) is 18.6 Å². The monoisotopic (exact) mass is 278 g/mol. The fraction of sp³-hybridized carbons (Fsp3) is 0.714. The molecule has 1 aliphatic heterocycles. The van der Waals surface area contributed by atoms with Gasteiger partial charge in [-0.25, -0.2) is 4.98 Å². The summed E-state index contributed by atoms with van der Waals surface area (Å²) in [4.78, 5) is 18.9. The van der Waals surface area contributed by atoms with Crippen molar-refractivity contribution < 1.29 is 9.90 Å². The van der Waals surface area contributed by atoms with Gasteiger partial charge in [-0.1, -0.05) is 12.8 Å². The molecule has 0 spiro atoms. The van der Waals surface area contributed by atoms with Crippen LogP contribution in [0.1, 0.15) is 42.6 Å². The average Bonchev–Trinajstić information content (AvgIpc) is 3.12. The SMILES string of the molecule is O=C(c1cn2c(n1)NCCC2)N(CCO)C1CCCC1. The fourth-order valence-corrected chi connectivity index (χ4v) is 3.20. The van der Waals surface area contributed by atoms with Gasteiger partial charge in [-0.2, -0.15) is 0 Å². The van der Waals surface area contributed by atoms with Crippen molar-refractivity contribution in [2.75, 3.05) is 25.0 Å². The van der Waals surface area contributed by atoms with Crippen LogP contribution in [-0.4, -0.2) is 51.2 Å². The van der Waals surface area contributed by atoms with Gasteiger partial charge in [-0.05, 0) is 19.3 Å². The van der Waals surface area contributed by atoms with Crippen LogP contribution >= 0.6 is 0 Å². The number of nitrogens with one attached hydrogen (secondary N) is 1. The summed E-state index contributed by atoms with van der Waals surface area (Å²) in [5, 5.41) is 12.4. The fourth-order valence-electron chi connectivity index (χ4n) is 3.20. The third kappa shape index (κ3) is 2.52. The van der Waals surface area contributed by atoms with Crippen molar-refractivity contribution in [2.24, 2.45) is 0 Å². The molecule has 3 rings (SSSR count). The molecule has 110 valence electrons. The maximum Gasteiger partial charge on any atom is 0.274 e. The summed E-state index contributed by atoms with van der Waals surface area (Å²) in [6, 6.07) is 0.265. The van der Waals surface area contributed by atoms with E-state index in [2.05, 4.69) is 10.3 Å². The smallest absolute Gasteiger partial charge is 0.274 e.